The highest BCUT2D eigenvalue weighted by atomic mass is 13.9. The first-order valence-corrected chi connectivity index (χ1v) is 2.82. The molecule has 0 N–H and O–H groups in total. The van der Waals surface area contributed by atoms with Gasteiger partial charge in [0.25, 0.3) is 0 Å². The van der Waals surface area contributed by atoms with Crippen molar-refractivity contribution in [3.63, 3.8) is 0 Å². The number of benzene rings is 1. The minimum absolute atomic E-state index is 0. The Morgan fingerprint density at radius 2 is 1.12 bits per heavy atom. The molecule has 0 aliphatic heterocycles. The Hall–Kier alpha value is -0.780. The van der Waals surface area contributed by atoms with Crippen LogP contribution in [-0.4, -0.2) is 0 Å². The van der Waals surface area contributed by atoms with Crippen LogP contribution in [0.15, 0.2) is 24.3 Å². The summed E-state index contributed by atoms with van der Waals surface area (Å²) in [4.78, 5) is 0. The van der Waals surface area contributed by atoms with Crippen molar-refractivity contribution >= 4 is 0 Å². The lowest BCUT2D eigenvalue weighted by molar-refractivity contribution is 1.40. The Labute approximate surface area is 51.6 Å². The molecule has 8 heavy (non-hydrogen) atoms. The van der Waals surface area contributed by atoms with Gasteiger partial charge in [0.1, 0.15) is 0 Å². The van der Waals surface area contributed by atoms with Crippen LogP contribution in [0.2, 0.25) is 0 Å². The molecule has 0 fully saturated rings. The lowest BCUT2D eigenvalue weighted by Gasteiger charge is -1.90. The second-order valence-electron chi connectivity index (χ2n) is 2.15. The van der Waals surface area contributed by atoms with Crippen molar-refractivity contribution in [1.29, 1.82) is 0 Å². The molecule has 0 amide bonds. The third-order valence-electron chi connectivity index (χ3n) is 1.22. The van der Waals surface area contributed by atoms with E-state index in [4.69, 9.17) is 0 Å². The van der Waals surface area contributed by atoms with Crippen molar-refractivity contribution in [2.45, 2.75) is 13.8 Å². The van der Waals surface area contributed by atoms with Gasteiger partial charge in [0.05, 0.1) is 0 Å². The van der Waals surface area contributed by atoms with E-state index in [1.54, 1.807) is 0 Å². The Morgan fingerprint density at radius 3 is 1.38 bits per heavy atom. The molecule has 0 saturated heterocycles. The van der Waals surface area contributed by atoms with E-state index in [1.165, 1.54) is 11.1 Å². The highest BCUT2D eigenvalue weighted by Gasteiger charge is 1.79. The van der Waals surface area contributed by atoms with Crippen molar-refractivity contribution in [3.05, 3.63) is 35.4 Å². The molecule has 0 heteroatoms. The van der Waals surface area contributed by atoms with Crippen LogP contribution in [0.5, 0.6) is 0 Å². The van der Waals surface area contributed by atoms with Crippen LogP contribution in [0, 0.1) is 13.8 Å². The zero-order valence-corrected chi connectivity index (χ0v) is 5.31. The van der Waals surface area contributed by atoms with E-state index in [2.05, 4.69) is 38.1 Å². The van der Waals surface area contributed by atoms with Gasteiger partial charge in [-0.1, -0.05) is 35.4 Å². The normalized spacial score (nSPS) is 9.25. The molecule has 0 heterocycles. The van der Waals surface area contributed by atoms with Crippen LogP contribution < -0.4 is 0 Å². The first-order valence-electron chi connectivity index (χ1n) is 2.82. The number of aryl methyl sites for hydroxylation is 2. The van der Waals surface area contributed by atoms with Crippen LogP contribution in [0.1, 0.15) is 12.6 Å². The van der Waals surface area contributed by atoms with E-state index < -0.39 is 0 Å². The standard InChI is InChI=1S/C8H10.H2/c1-7-3-5-8(2)6-4-7;/h3-6H,1-2H3;1H. The van der Waals surface area contributed by atoms with Gasteiger partial charge < -0.3 is 0 Å². The van der Waals surface area contributed by atoms with Gasteiger partial charge in [0, 0.05) is 1.43 Å². The summed E-state index contributed by atoms with van der Waals surface area (Å²) in [5, 5.41) is 0. The van der Waals surface area contributed by atoms with E-state index in [0.29, 0.717) is 0 Å². The summed E-state index contributed by atoms with van der Waals surface area (Å²) in [6.07, 6.45) is 0. The second-order valence-corrected chi connectivity index (χ2v) is 2.15. The summed E-state index contributed by atoms with van der Waals surface area (Å²) >= 11 is 0. The quantitative estimate of drug-likeness (QED) is 0.479. The fraction of sp³-hybridized carbons (Fsp3) is 0.250. The molecule has 0 aliphatic carbocycles. The molecule has 0 spiro atoms. The maximum absolute atomic E-state index is 2.12. The molecule has 0 unspecified atom stereocenters. The number of hydrogen-bond acceptors (Lipinski definition) is 0. The Morgan fingerprint density at radius 1 is 0.875 bits per heavy atom. The van der Waals surface area contributed by atoms with Crippen molar-refractivity contribution in [1.82, 2.24) is 0 Å². The van der Waals surface area contributed by atoms with Gasteiger partial charge in [0.15, 0.2) is 0 Å². The average Bonchev–Trinajstić information content (AvgIpc) is 1.77. The molecule has 1 aromatic rings. The first-order chi connectivity index (χ1) is 3.79. The molecule has 1 rings (SSSR count). The van der Waals surface area contributed by atoms with E-state index >= 15 is 0 Å². The first kappa shape index (κ1) is 5.36. The van der Waals surface area contributed by atoms with Gasteiger partial charge >= 0.3 is 0 Å². The lowest BCUT2D eigenvalue weighted by Crippen LogP contribution is -1.70. The molecule has 0 bridgehead atoms. The van der Waals surface area contributed by atoms with Crippen LogP contribution in [0.3, 0.4) is 0 Å². The van der Waals surface area contributed by atoms with Gasteiger partial charge in [-0.25, -0.2) is 0 Å². The predicted octanol–water partition coefficient (Wildman–Crippen LogP) is 2.55. The molecule has 0 aromatic heterocycles. The highest BCUT2D eigenvalue weighted by Crippen LogP contribution is 1.99. The molecule has 0 atom stereocenters. The largest absolute Gasteiger partial charge is 0.0591 e. The molecule has 0 radical (unpaired) electrons. The van der Waals surface area contributed by atoms with Gasteiger partial charge in [-0.15, -0.1) is 0 Å². The molecule has 0 nitrogen and oxygen atoms in total. The number of hydrogen-bond donors (Lipinski definition) is 0. The Bertz CT molecular complexity index is 143. The SMILES string of the molecule is Cc1ccc(C)cc1.[HH]. The smallest absolute Gasteiger partial charge is 0 e. The van der Waals surface area contributed by atoms with Crippen LogP contribution >= 0.6 is 0 Å². The lowest BCUT2D eigenvalue weighted by atomic mass is 10.2. The fourth-order valence-electron chi connectivity index (χ4n) is 0.637. The van der Waals surface area contributed by atoms with E-state index in [1.807, 2.05) is 0 Å². The molecular formula is C8H12. The predicted molar refractivity (Wildman–Crippen MR) is 38.0 cm³/mol. The zero-order chi connectivity index (χ0) is 5.98. The fourth-order valence-corrected chi connectivity index (χ4v) is 0.637. The van der Waals surface area contributed by atoms with Crippen molar-refractivity contribution in [3.8, 4) is 0 Å². The van der Waals surface area contributed by atoms with Gasteiger partial charge in [-0.3, -0.25) is 0 Å². The van der Waals surface area contributed by atoms with Crippen molar-refractivity contribution in [2.24, 2.45) is 0 Å². The Balaban J connectivity index is 0.000000640. The van der Waals surface area contributed by atoms with Crippen LogP contribution in [0.25, 0.3) is 0 Å². The summed E-state index contributed by atoms with van der Waals surface area (Å²) in [7, 11) is 0. The third kappa shape index (κ3) is 1.09. The summed E-state index contributed by atoms with van der Waals surface area (Å²) in [5.74, 6) is 0. The summed E-state index contributed by atoms with van der Waals surface area (Å²) in [6, 6.07) is 8.48. The molecule has 44 valence electrons. The summed E-state index contributed by atoms with van der Waals surface area (Å²) in [6.45, 7) is 4.19. The topological polar surface area (TPSA) is 0 Å². The van der Waals surface area contributed by atoms with Crippen LogP contribution in [0.4, 0.5) is 0 Å². The number of rotatable bonds is 0. The van der Waals surface area contributed by atoms with Gasteiger partial charge in [-0.2, -0.15) is 0 Å². The monoisotopic (exact) mass is 108 g/mol. The van der Waals surface area contributed by atoms with E-state index in [0.717, 1.165) is 0 Å². The van der Waals surface area contributed by atoms with Crippen molar-refractivity contribution < 1.29 is 1.43 Å². The Kier molecular flexibility index (Phi) is 1.34. The van der Waals surface area contributed by atoms with Gasteiger partial charge in [-0.05, 0) is 13.8 Å². The molecule has 1 aromatic carbocycles. The van der Waals surface area contributed by atoms with E-state index in [-0.39, 0.29) is 1.43 Å². The maximum atomic E-state index is 2.12. The summed E-state index contributed by atoms with van der Waals surface area (Å²) < 4.78 is 0. The third-order valence-corrected chi connectivity index (χ3v) is 1.22. The average molecular weight is 108 g/mol. The molecule has 0 saturated carbocycles. The highest BCUT2D eigenvalue weighted by molar-refractivity contribution is 5.19. The minimum atomic E-state index is 0. The second kappa shape index (κ2) is 1.99. The van der Waals surface area contributed by atoms with E-state index in [9.17, 15) is 0 Å². The van der Waals surface area contributed by atoms with Crippen LogP contribution in [-0.2, 0) is 0 Å². The van der Waals surface area contributed by atoms with Crippen molar-refractivity contribution in [2.75, 3.05) is 0 Å². The zero-order valence-electron chi connectivity index (χ0n) is 5.31. The molecular weight excluding hydrogens is 96.1 g/mol. The minimum Gasteiger partial charge on any atom is -0.0591 e. The maximum Gasteiger partial charge on any atom is 0 e. The molecule has 0 aliphatic rings. The summed E-state index contributed by atoms with van der Waals surface area (Å²) in [5.41, 5.74) is 2.66. The van der Waals surface area contributed by atoms with Gasteiger partial charge in [0.2, 0.25) is 0 Å².